The molecule has 0 aliphatic heterocycles. The van der Waals surface area contributed by atoms with E-state index in [1.54, 1.807) is 0 Å². The highest BCUT2D eigenvalue weighted by Gasteiger charge is 2.04. The van der Waals surface area contributed by atoms with Crippen molar-refractivity contribution in [1.29, 1.82) is 0 Å². The number of aliphatic hydroxyl groups is 1. The number of hydrogen-bond donors (Lipinski definition) is 1. The Kier molecular flexibility index (Phi) is 1.75. The van der Waals surface area contributed by atoms with E-state index in [1.807, 2.05) is 24.6 Å². The molecule has 1 rings (SSSR count). The molecule has 0 amide bonds. The smallest absolute Gasteiger partial charge is 0.102 e. The molecule has 0 bridgehead atoms. The fourth-order valence-corrected chi connectivity index (χ4v) is 0.645. The molecule has 1 aliphatic carbocycles. The summed E-state index contributed by atoms with van der Waals surface area (Å²) < 4.78 is 0. The van der Waals surface area contributed by atoms with Gasteiger partial charge in [-0.3, -0.25) is 0 Å². The molecule has 46 valence electrons. The van der Waals surface area contributed by atoms with E-state index >= 15 is 0 Å². The van der Waals surface area contributed by atoms with Crippen LogP contribution < -0.4 is 0 Å². The van der Waals surface area contributed by atoms with E-state index in [0.717, 1.165) is 11.1 Å². The summed E-state index contributed by atoms with van der Waals surface area (Å²) in [5, 5.41) is 8.61. The minimum atomic E-state index is 0.111. The van der Waals surface area contributed by atoms with Crippen LogP contribution in [0.15, 0.2) is 36.0 Å². The van der Waals surface area contributed by atoms with Crippen molar-refractivity contribution in [2.75, 3.05) is 6.61 Å². The Balaban J connectivity index is 2.63. The highest BCUT2D eigenvalue weighted by atomic mass is 16.3. The predicted octanol–water partition coefficient (Wildman–Crippen LogP) is 1.24. The van der Waals surface area contributed by atoms with Gasteiger partial charge < -0.3 is 5.11 Å². The van der Waals surface area contributed by atoms with Crippen LogP contribution in [0.2, 0.25) is 0 Å². The van der Waals surface area contributed by atoms with E-state index in [4.69, 9.17) is 5.11 Å². The molecular formula is C8H9O+. The fourth-order valence-electron chi connectivity index (χ4n) is 0.645. The van der Waals surface area contributed by atoms with Crippen molar-refractivity contribution in [3.63, 3.8) is 0 Å². The van der Waals surface area contributed by atoms with Gasteiger partial charge in [0.2, 0.25) is 0 Å². The third-order valence-electron chi connectivity index (χ3n) is 1.21. The molecule has 1 N–H and O–H groups in total. The fraction of sp³-hybridized carbons (Fsp3) is 0.125. The largest absolute Gasteiger partial charge is 0.381 e. The Morgan fingerprint density at radius 2 is 2.33 bits per heavy atom. The molecule has 1 heteroatoms. The summed E-state index contributed by atoms with van der Waals surface area (Å²) >= 11 is 0. The van der Waals surface area contributed by atoms with Crippen molar-refractivity contribution < 1.29 is 5.11 Å². The van der Waals surface area contributed by atoms with Crippen LogP contribution in [-0.2, 0) is 0 Å². The Morgan fingerprint density at radius 1 is 1.56 bits per heavy atom. The van der Waals surface area contributed by atoms with Crippen LogP contribution in [0.5, 0.6) is 0 Å². The molecule has 1 nitrogen and oxygen atoms in total. The number of aliphatic hydroxyl groups excluding tert-OH is 1. The van der Waals surface area contributed by atoms with Crippen LogP contribution in [0.3, 0.4) is 0 Å². The molecule has 0 spiro atoms. The summed E-state index contributed by atoms with van der Waals surface area (Å²) in [5.74, 6) is 0. The zero-order valence-electron chi connectivity index (χ0n) is 5.17. The van der Waals surface area contributed by atoms with Gasteiger partial charge in [-0.15, -0.1) is 0 Å². The van der Waals surface area contributed by atoms with E-state index in [2.05, 4.69) is 6.58 Å². The topological polar surface area (TPSA) is 20.2 Å². The highest BCUT2D eigenvalue weighted by Crippen LogP contribution is 2.11. The Labute approximate surface area is 55.0 Å². The molecule has 9 heavy (non-hydrogen) atoms. The van der Waals surface area contributed by atoms with Gasteiger partial charge in [-0.1, -0.05) is 0 Å². The Morgan fingerprint density at radius 3 is 2.78 bits per heavy atom. The van der Waals surface area contributed by atoms with Crippen LogP contribution >= 0.6 is 0 Å². The van der Waals surface area contributed by atoms with Gasteiger partial charge in [0.15, 0.2) is 0 Å². The van der Waals surface area contributed by atoms with Crippen LogP contribution in [0.1, 0.15) is 0 Å². The summed E-state index contributed by atoms with van der Waals surface area (Å²) in [4.78, 5) is 0. The first-order valence-corrected chi connectivity index (χ1v) is 2.84. The van der Waals surface area contributed by atoms with Gasteiger partial charge >= 0.3 is 0 Å². The monoisotopic (exact) mass is 121 g/mol. The van der Waals surface area contributed by atoms with E-state index in [-0.39, 0.29) is 6.61 Å². The van der Waals surface area contributed by atoms with Crippen LogP contribution in [-0.4, -0.2) is 11.7 Å². The number of rotatable bonds is 1. The second kappa shape index (κ2) is 2.55. The van der Waals surface area contributed by atoms with Gasteiger partial charge in [0.05, 0.1) is 11.1 Å². The van der Waals surface area contributed by atoms with Crippen LogP contribution in [0.4, 0.5) is 0 Å². The van der Waals surface area contributed by atoms with Crippen molar-refractivity contribution in [1.82, 2.24) is 0 Å². The maximum atomic E-state index is 8.61. The van der Waals surface area contributed by atoms with Gasteiger partial charge in [-0.05, 0) is 6.58 Å². The molecule has 0 saturated carbocycles. The van der Waals surface area contributed by atoms with Crippen LogP contribution in [0, 0.1) is 6.42 Å². The maximum Gasteiger partial charge on any atom is 0.102 e. The highest BCUT2D eigenvalue weighted by molar-refractivity contribution is 5.41. The quantitative estimate of drug-likeness (QED) is 0.517. The van der Waals surface area contributed by atoms with Crippen molar-refractivity contribution in [3.05, 3.63) is 42.4 Å². The lowest BCUT2D eigenvalue weighted by Crippen LogP contribution is -1.91. The number of allylic oxidation sites excluding steroid dienone is 3. The standard InChI is InChI=1S/C8H9O/c1-7-2-4-8(6-9)5-3-7/h2-5,9H,1,6H2/q+1. The normalized spacial score (nSPS) is 17.0. The molecule has 0 heterocycles. The van der Waals surface area contributed by atoms with E-state index < -0.39 is 0 Å². The van der Waals surface area contributed by atoms with Crippen LogP contribution in [0.25, 0.3) is 0 Å². The molecule has 0 aromatic rings. The lowest BCUT2D eigenvalue weighted by atomic mass is 10.0. The lowest BCUT2D eigenvalue weighted by Gasteiger charge is -1.95. The van der Waals surface area contributed by atoms with Crippen molar-refractivity contribution in [2.24, 2.45) is 0 Å². The van der Waals surface area contributed by atoms with Gasteiger partial charge in [-0.2, -0.15) is 0 Å². The first-order chi connectivity index (χ1) is 4.33. The average molecular weight is 121 g/mol. The second-order valence-corrected chi connectivity index (χ2v) is 1.97. The van der Waals surface area contributed by atoms with Crippen molar-refractivity contribution >= 4 is 0 Å². The van der Waals surface area contributed by atoms with Gasteiger partial charge in [-0.25, -0.2) is 0 Å². The summed E-state index contributed by atoms with van der Waals surface area (Å²) in [6, 6.07) is 0. The molecule has 0 aromatic heterocycles. The van der Waals surface area contributed by atoms with E-state index in [1.165, 1.54) is 0 Å². The molecule has 0 saturated heterocycles. The molecule has 0 aromatic carbocycles. The van der Waals surface area contributed by atoms with Crippen molar-refractivity contribution in [2.45, 2.75) is 0 Å². The molecule has 1 aliphatic rings. The predicted molar refractivity (Wildman–Crippen MR) is 37.7 cm³/mol. The zero-order chi connectivity index (χ0) is 6.69. The van der Waals surface area contributed by atoms with Crippen molar-refractivity contribution in [3.8, 4) is 0 Å². The zero-order valence-corrected chi connectivity index (χ0v) is 5.17. The Hall–Kier alpha value is -0.950. The molecule has 0 fully saturated rings. The summed E-state index contributed by atoms with van der Waals surface area (Å²) in [5.41, 5.74) is 1.91. The number of hydrogen-bond acceptors (Lipinski definition) is 1. The average Bonchev–Trinajstić information content (AvgIpc) is 1.90. The van der Waals surface area contributed by atoms with Gasteiger partial charge in [0.25, 0.3) is 0 Å². The SMILES string of the molecule is C=C1C=CC(CO)=C[CH+]1. The van der Waals surface area contributed by atoms with Gasteiger partial charge in [0, 0.05) is 24.6 Å². The first kappa shape index (κ1) is 6.17. The third-order valence-corrected chi connectivity index (χ3v) is 1.21. The summed E-state index contributed by atoms with van der Waals surface area (Å²) in [7, 11) is 0. The maximum absolute atomic E-state index is 8.61. The second-order valence-electron chi connectivity index (χ2n) is 1.97. The Bertz CT molecular complexity index is 175. The third kappa shape index (κ3) is 1.47. The lowest BCUT2D eigenvalue weighted by molar-refractivity contribution is 0.335. The van der Waals surface area contributed by atoms with Gasteiger partial charge in [0.1, 0.15) is 6.61 Å². The molecule has 0 atom stereocenters. The minimum absolute atomic E-state index is 0.111. The molecule has 0 unspecified atom stereocenters. The van der Waals surface area contributed by atoms with E-state index in [9.17, 15) is 0 Å². The summed E-state index contributed by atoms with van der Waals surface area (Å²) in [6.07, 6.45) is 7.49. The summed E-state index contributed by atoms with van der Waals surface area (Å²) in [6.45, 7) is 3.83. The minimum Gasteiger partial charge on any atom is -0.381 e. The first-order valence-electron chi connectivity index (χ1n) is 2.84. The molecular weight excluding hydrogens is 112 g/mol. The molecule has 0 radical (unpaired) electrons. The van der Waals surface area contributed by atoms with E-state index in [0.29, 0.717) is 0 Å².